The van der Waals surface area contributed by atoms with Crippen molar-refractivity contribution in [3.8, 4) is 0 Å². The number of carbonyl (C=O) groups excluding carboxylic acids is 1. The Morgan fingerprint density at radius 3 is 1.25 bits per heavy atom. The summed E-state index contributed by atoms with van der Waals surface area (Å²) in [5.41, 5.74) is 0. The predicted molar refractivity (Wildman–Crippen MR) is 231 cm³/mol. The van der Waals surface area contributed by atoms with Gasteiger partial charge in [-0.15, -0.1) is 0 Å². The fourth-order valence-electron chi connectivity index (χ4n) is 7.08. The molecule has 0 aromatic carbocycles. The molecule has 0 spiro atoms. The van der Waals surface area contributed by atoms with Crippen molar-refractivity contribution in [2.24, 2.45) is 0 Å². The van der Waals surface area contributed by atoms with Crippen molar-refractivity contribution in [3.05, 3.63) is 36.5 Å². The van der Waals surface area contributed by atoms with E-state index in [0.717, 1.165) is 44.9 Å². The van der Waals surface area contributed by atoms with Crippen molar-refractivity contribution in [2.45, 2.75) is 257 Å². The summed E-state index contributed by atoms with van der Waals surface area (Å²) in [6, 6.07) is -0.749. The first-order chi connectivity index (χ1) is 26.0. The Morgan fingerprint density at radius 2 is 0.849 bits per heavy atom. The quantitative estimate of drug-likeness (QED) is 0.0370. The molecule has 0 aliphatic rings. The zero-order chi connectivity index (χ0) is 38.7. The van der Waals surface area contributed by atoms with Gasteiger partial charge in [0, 0.05) is 0 Å². The van der Waals surface area contributed by atoms with Crippen LogP contribution in [-0.2, 0) is 4.79 Å². The van der Waals surface area contributed by atoms with Gasteiger partial charge < -0.3 is 20.6 Å². The van der Waals surface area contributed by atoms with E-state index in [-0.39, 0.29) is 18.9 Å². The van der Waals surface area contributed by atoms with Crippen LogP contribution in [-0.4, -0.2) is 46.1 Å². The number of nitrogens with one attached hydrogen (secondary N) is 1. The molecule has 0 aliphatic heterocycles. The summed E-state index contributed by atoms with van der Waals surface area (Å²) in [4.78, 5) is 12.4. The van der Waals surface area contributed by atoms with Crippen LogP contribution in [0.25, 0.3) is 0 Å². The molecule has 0 aliphatic carbocycles. The summed E-state index contributed by atoms with van der Waals surface area (Å²) in [5, 5.41) is 33.3. The van der Waals surface area contributed by atoms with Crippen molar-refractivity contribution in [1.82, 2.24) is 5.32 Å². The second-order valence-electron chi connectivity index (χ2n) is 16.0. The maximum Gasteiger partial charge on any atom is 0.222 e. The normalized spacial score (nSPS) is 13.8. The molecule has 0 bridgehead atoms. The fourth-order valence-corrected chi connectivity index (χ4v) is 7.08. The SMILES string of the molecule is CCCCCCCCCCC/C=C\C/C=C\CCCCCCCC(O)CC(=O)NC(CO)C(O)/C=C/CCCCCCCCCCCCCCCCC. The molecule has 0 saturated carbocycles. The van der Waals surface area contributed by atoms with E-state index in [4.69, 9.17) is 0 Å². The zero-order valence-electron chi connectivity index (χ0n) is 35.4. The summed E-state index contributed by atoms with van der Waals surface area (Å²) in [5.74, 6) is -0.323. The summed E-state index contributed by atoms with van der Waals surface area (Å²) in [6.45, 7) is 4.22. The lowest BCUT2D eigenvalue weighted by Gasteiger charge is -2.21. The monoisotopic (exact) mass is 746 g/mol. The molecule has 0 saturated heterocycles. The third-order valence-electron chi connectivity index (χ3n) is 10.7. The van der Waals surface area contributed by atoms with Gasteiger partial charge in [-0.05, 0) is 51.4 Å². The lowest BCUT2D eigenvalue weighted by atomic mass is 10.0. The van der Waals surface area contributed by atoms with Gasteiger partial charge in [-0.3, -0.25) is 4.79 Å². The molecule has 0 heterocycles. The number of allylic oxidation sites excluding steroid dienone is 5. The Hall–Kier alpha value is -1.43. The van der Waals surface area contributed by atoms with Gasteiger partial charge in [0.1, 0.15) is 0 Å². The molecular formula is C48H91NO4. The minimum atomic E-state index is -0.932. The highest BCUT2D eigenvalue weighted by Gasteiger charge is 2.20. The molecule has 4 N–H and O–H groups in total. The average Bonchev–Trinajstić information content (AvgIpc) is 3.15. The maximum atomic E-state index is 12.4. The number of amides is 1. The predicted octanol–water partition coefficient (Wildman–Crippen LogP) is 13.5. The number of rotatable bonds is 42. The Balaban J connectivity index is 3.68. The number of aliphatic hydroxyl groups excluding tert-OH is 3. The van der Waals surface area contributed by atoms with Gasteiger partial charge in [-0.1, -0.05) is 217 Å². The van der Waals surface area contributed by atoms with E-state index in [2.05, 4.69) is 43.5 Å². The number of hydrogen-bond donors (Lipinski definition) is 4. The van der Waals surface area contributed by atoms with Crippen molar-refractivity contribution in [1.29, 1.82) is 0 Å². The summed E-state index contributed by atoms with van der Waals surface area (Å²) < 4.78 is 0. The first-order valence-corrected chi connectivity index (χ1v) is 23.3. The first kappa shape index (κ1) is 51.6. The van der Waals surface area contributed by atoms with Gasteiger partial charge in [-0.2, -0.15) is 0 Å². The Labute approximate surface area is 330 Å². The van der Waals surface area contributed by atoms with Gasteiger partial charge in [0.15, 0.2) is 0 Å². The second kappa shape index (κ2) is 43.3. The summed E-state index contributed by atoms with van der Waals surface area (Å²) >= 11 is 0. The van der Waals surface area contributed by atoms with Crippen LogP contribution in [0.4, 0.5) is 0 Å². The highest BCUT2D eigenvalue weighted by molar-refractivity contribution is 5.76. The van der Waals surface area contributed by atoms with Crippen molar-refractivity contribution in [2.75, 3.05) is 6.61 Å². The lowest BCUT2D eigenvalue weighted by Crippen LogP contribution is -2.45. The van der Waals surface area contributed by atoms with E-state index in [1.165, 1.54) is 167 Å². The molecular weight excluding hydrogens is 655 g/mol. The first-order valence-electron chi connectivity index (χ1n) is 23.3. The highest BCUT2D eigenvalue weighted by Crippen LogP contribution is 2.15. The molecule has 0 aromatic heterocycles. The molecule has 5 heteroatoms. The molecule has 3 atom stereocenters. The third-order valence-corrected chi connectivity index (χ3v) is 10.7. The summed E-state index contributed by atoms with van der Waals surface area (Å²) in [6.07, 6.45) is 54.3. The average molecular weight is 746 g/mol. The van der Waals surface area contributed by atoms with Crippen LogP contribution < -0.4 is 5.32 Å². The van der Waals surface area contributed by atoms with Gasteiger partial charge in [0.2, 0.25) is 5.91 Å². The van der Waals surface area contributed by atoms with Gasteiger partial charge >= 0.3 is 0 Å². The van der Waals surface area contributed by atoms with Crippen molar-refractivity contribution >= 4 is 5.91 Å². The second-order valence-corrected chi connectivity index (χ2v) is 16.0. The molecule has 53 heavy (non-hydrogen) atoms. The van der Waals surface area contributed by atoms with Gasteiger partial charge in [0.05, 0.1) is 31.3 Å². The smallest absolute Gasteiger partial charge is 0.222 e. The van der Waals surface area contributed by atoms with E-state index >= 15 is 0 Å². The molecule has 5 nitrogen and oxygen atoms in total. The lowest BCUT2D eigenvalue weighted by molar-refractivity contribution is -0.124. The molecule has 0 aromatic rings. The molecule has 3 unspecified atom stereocenters. The van der Waals surface area contributed by atoms with Crippen LogP contribution >= 0.6 is 0 Å². The van der Waals surface area contributed by atoms with Crippen LogP contribution in [0.2, 0.25) is 0 Å². The molecule has 0 fully saturated rings. The molecule has 0 rings (SSSR count). The van der Waals surface area contributed by atoms with Crippen LogP contribution in [0, 0.1) is 0 Å². The van der Waals surface area contributed by atoms with Crippen molar-refractivity contribution < 1.29 is 20.1 Å². The molecule has 0 radical (unpaired) electrons. The maximum absolute atomic E-state index is 12.4. The molecule has 1 amide bonds. The van der Waals surface area contributed by atoms with E-state index in [1.807, 2.05) is 6.08 Å². The van der Waals surface area contributed by atoms with Crippen LogP contribution in [0.1, 0.15) is 239 Å². The standard InChI is InChI=1S/C48H91NO4/c1-3-5-7-9-11-13-15-17-19-21-22-23-24-26-27-29-31-33-35-37-39-41-45(51)43-48(53)49-46(44-50)47(52)42-40-38-36-34-32-30-28-25-20-18-16-14-12-10-8-6-4-2/h22-23,26-27,40,42,45-47,50-52H,3-21,24-25,28-39,41,43-44H2,1-2H3,(H,49,53)/b23-22-,27-26-,42-40+. The minimum absolute atomic E-state index is 0.00446. The largest absolute Gasteiger partial charge is 0.394 e. The topological polar surface area (TPSA) is 89.8 Å². The van der Waals surface area contributed by atoms with E-state index in [1.54, 1.807) is 6.08 Å². The van der Waals surface area contributed by atoms with Crippen LogP contribution in [0.3, 0.4) is 0 Å². The van der Waals surface area contributed by atoms with E-state index in [0.29, 0.717) is 6.42 Å². The Kier molecular flexibility index (Phi) is 42.1. The van der Waals surface area contributed by atoms with E-state index in [9.17, 15) is 20.1 Å². The number of hydrogen-bond acceptors (Lipinski definition) is 4. The van der Waals surface area contributed by atoms with Gasteiger partial charge in [0.25, 0.3) is 0 Å². The van der Waals surface area contributed by atoms with Crippen molar-refractivity contribution in [3.63, 3.8) is 0 Å². The highest BCUT2D eigenvalue weighted by atomic mass is 16.3. The third kappa shape index (κ3) is 40.1. The van der Waals surface area contributed by atoms with Gasteiger partial charge in [-0.25, -0.2) is 0 Å². The Bertz CT molecular complexity index is 824. The van der Waals surface area contributed by atoms with E-state index < -0.39 is 18.2 Å². The minimum Gasteiger partial charge on any atom is -0.394 e. The Morgan fingerprint density at radius 1 is 0.491 bits per heavy atom. The van der Waals surface area contributed by atoms with Crippen LogP contribution in [0.5, 0.6) is 0 Å². The zero-order valence-corrected chi connectivity index (χ0v) is 35.4. The van der Waals surface area contributed by atoms with Crippen LogP contribution in [0.15, 0.2) is 36.5 Å². The fraction of sp³-hybridized carbons (Fsp3) is 0.854. The number of aliphatic hydroxyl groups is 3. The summed E-state index contributed by atoms with van der Waals surface area (Å²) in [7, 11) is 0. The number of carbonyl (C=O) groups is 1. The molecule has 312 valence electrons. The number of unbranched alkanes of at least 4 members (excludes halogenated alkanes) is 29.